The minimum Gasteiger partial charge on any atom is -0.313 e. The SMILES string of the molecule is CNC(C)c1ccc(S(=O)(=O)CF)cc1. The van der Waals surface area contributed by atoms with Gasteiger partial charge < -0.3 is 5.32 Å². The Morgan fingerprint density at radius 1 is 1.33 bits per heavy atom. The van der Waals surface area contributed by atoms with E-state index < -0.39 is 15.8 Å². The molecule has 0 spiro atoms. The van der Waals surface area contributed by atoms with Crippen molar-refractivity contribution in [1.29, 1.82) is 0 Å². The van der Waals surface area contributed by atoms with E-state index in [1.54, 1.807) is 12.1 Å². The highest BCUT2D eigenvalue weighted by molar-refractivity contribution is 7.91. The highest BCUT2D eigenvalue weighted by Crippen LogP contribution is 2.16. The van der Waals surface area contributed by atoms with Crippen molar-refractivity contribution in [3.8, 4) is 0 Å². The molecule has 15 heavy (non-hydrogen) atoms. The number of halogens is 1. The summed E-state index contributed by atoms with van der Waals surface area (Å²) in [6.45, 7) is 1.96. The quantitative estimate of drug-likeness (QED) is 0.857. The summed E-state index contributed by atoms with van der Waals surface area (Å²) < 4.78 is 34.5. The Morgan fingerprint density at radius 2 is 1.87 bits per heavy atom. The lowest BCUT2D eigenvalue weighted by Crippen LogP contribution is -2.12. The Kier molecular flexibility index (Phi) is 3.82. The fourth-order valence-electron chi connectivity index (χ4n) is 1.19. The smallest absolute Gasteiger partial charge is 0.207 e. The van der Waals surface area contributed by atoms with E-state index in [2.05, 4.69) is 5.32 Å². The van der Waals surface area contributed by atoms with Crippen LogP contribution in [0.25, 0.3) is 0 Å². The molecular weight excluding hydrogens is 217 g/mol. The second-order valence-corrected chi connectivity index (χ2v) is 5.22. The van der Waals surface area contributed by atoms with Crippen molar-refractivity contribution in [3.63, 3.8) is 0 Å². The maximum atomic E-state index is 12.2. The second-order valence-electron chi connectivity index (χ2n) is 3.30. The monoisotopic (exact) mass is 231 g/mol. The molecule has 0 aliphatic rings. The van der Waals surface area contributed by atoms with E-state index in [4.69, 9.17) is 0 Å². The summed E-state index contributed by atoms with van der Waals surface area (Å²) in [5.74, 6) is 0. The van der Waals surface area contributed by atoms with Gasteiger partial charge in [0.25, 0.3) is 0 Å². The highest BCUT2D eigenvalue weighted by Gasteiger charge is 2.13. The van der Waals surface area contributed by atoms with Gasteiger partial charge in [-0.15, -0.1) is 0 Å². The summed E-state index contributed by atoms with van der Waals surface area (Å²) in [6.07, 6.45) is 0. The van der Waals surface area contributed by atoms with Gasteiger partial charge in [-0.1, -0.05) is 12.1 Å². The van der Waals surface area contributed by atoms with E-state index in [0.717, 1.165) is 5.56 Å². The molecule has 1 aromatic rings. The Hall–Kier alpha value is -0.940. The van der Waals surface area contributed by atoms with Gasteiger partial charge in [-0.05, 0) is 31.7 Å². The summed E-state index contributed by atoms with van der Waals surface area (Å²) in [4.78, 5) is 0.0250. The van der Waals surface area contributed by atoms with E-state index in [1.165, 1.54) is 12.1 Å². The molecule has 0 saturated heterocycles. The van der Waals surface area contributed by atoms with Crippen LogP contribution in [0.3, 0.4) is 0 Å². The zero-order valence-corrected chi connectivity index (χ0v) is 9.51. The second kappa shape index (κ2) is 4.72. The predicted molar refractivity (Wildman–Crippen MR) is 57.1 cm³/mol. The number of hydrogen-bond acceptors (Lipinski definition) is 3. The molecule has 0 amide bonds. The van der Waals surface area contributed by atoms with Crippen molar-refractivity contribution in [2.24, 2.45) is 0 Å². The van der Waals surface area contributed by atoms with Gasteiger partial charge in [-0.3, -0.25) is 0 Å². The first-order valence-corrected chi connectivity index (χ1v) is 6.22. The maximum absolute atomic E-state index is 12.2. The van der Waals surface area contributed by atoms with E-state index in [9.17, 15) is 12.8 Å². The van der Waals surface area contributed by atoms with Crippen molar-refractivity contribution < 1.29 is 12.8 Å². The van der Waals surface area contributed by atoms with E-state index in [1.807, 2.05) is 14.0 Å². The standard InChI is InChI=1S/C10H14FNO2S/c1-8(12-2)9-3-5-10(6-4-9)15(13,14)7-11/h3-6,8,12H,7H2,1-2H3. The zero-order valence-electron chi connectivity index (χ0n) is 8.70. The molecule has 0 radical (unpaired) electrons. The van der Waals surface area contributed by atoms with Crippen molar-refractivity contribution in [3.05, 3.63) is 29.8 Å². The molecule has 5 heteroatoms. The molecule has 0 bridgehead atoms. The fourth-order valence-corrected chi connectivity index (χ4v) is 1.87. The van der Waals surface area contributed by atoms with Crippen LogP contribution in [0.15, 0.2) is 29.2 Å². The predicted octanol–water partition coefficient (Wildman–Crippen LogP) is 1.67. The summed E-state index contributed by atoms with van der Waals surface area (Å²) in [5, 5.41) is 3.03. The first-order chi connectivity index (χ1) is 7.01. The average molecular weight is 231 g/mol. The molecule has 1 atom stereocenters. The summed E-state index contributed by atoms with van der Waals surface area (Å²) in [7, 11) is -1.92. The Morgan fingerprint density at radius 3 is 2.27 bits per heavy atom. The summed E-state index contributed by atoms with van der Waals surface area (Å²) in [5.41, 5.74) is 0.968. The molecule has 1 N–H and O–H groups in total. The van der Waals surface area contributed by atoms with Gasteiger partial charge in [0.15, 0.2) is 6.01 Å². The average Bonchev–Trinajstić information content (AvgIpc) is 2.28. The van der Waals surface area contributed by atoms with Crippen LogP contribution in [0.2, 0.25) is 0 Å². The molecule has 1 rings (SSSR count). The summed E-state index contributed by atoms with van der Waals surface area (Å²) >= 11 is 0. The van der Waals surface area contributed by atoms with Gasteiger partial charge >= 0.3 is 0 Å². The van der Waals surface area contributed by atoms with Crippen LogP contribution in [-0.2, 0) is 9.84 Å². The number of benzene rings is 1. The number of nitrogens with one attached hydrogen (secondary N) is 1. The Labute approximate surface area is 89.2 Å². The number of rotatable bonds is 4. The minimum atomic E-state index is -3.73. The molecule has 0 heterocycles. The van der Waals surface area contributed by atoms with Gasteiger partial charge in [0.05, 0.1) is 4.90 Å². The largest absolute Gasteiger partial charge is 0.313 e. The lowest BCUT2D eigenvalue weighted by Gasteiger charge is -2.10. The maximum Gasteiger partial charge on any atom is 0.207 e. The highest BCUT2D eigenvalue weighted by atomic mass is 32.2. The van der Waals surface area contributed by atoms with Crippen LogP contribution in [0, 0.1) is 0 Å². The van der Waals surface area contributed by atoms with Gasteiger partial charge in [0, 0.05) is 6.04 Å². The van der Waals surface area contributed by atoms with Crippen molar-refractivity contribution in [2.45, 2.75) is 17.9 Å². The van der Waals surface area contributed by atoms with Crippen molar-refractivity contribution in [2.75, 3.05) is 13.1 Å². The van der Waals surface area contributed by atoms with Gasteiger partial charge in [0.1, 0.15) is 0 Å². The number of hydrogen-bond donors (Lipinski definition) is 1. The normalized spacial score (nSPS) is 13.8. The molecule has 0 saturated carbocycles. The summed E-state index contributed by atoms with van der Waals surface area (Å²) in [6, 6.07) is 5.02. The Balaban J connectivity index is 3.00. The van der Waals surface area contributed by atoms with E-state index in [-0.39, 0.29) is 10.9 Å². The minimum absolute atomic E-state index is 0.0250. The molecule has 0 aliphatic heterocycles. The third kappa shape index (κ3) is 2.76. The number of sulfone groups is 1. The molecule has 1 aromatic carbocycles. The van der Waals surface area contributed by atoms with Crippen LogP contribution < -0.4 is 5.32 Å². The molecule has 0 fully saturated rings. The van der Waals surface area contributed by atoms with Crippen molar-refractivity contribution in [1.82, 2.24) is 5.32 Å². The zero-order chi connectivity index (χ0) is 11.5. The lowest BCUT2D eigenvalue weighted by molar-refractivity contribution is 0.534. The van der Waals surface area contributed by atoms with Crippen LogP contribution >= 0.6 is 0 Å². The van der Waals surface area contributed by atoms with Gasteiger partial charge in [-0.25, -0.2) is 12.8 Å². The molecule has 0 aromatic heterocycles. The molecule has 3 nitrogen and oxygen atoms in total. The first kappa shape index (κ1) is 12.1. The fraction of sp³-hybridized carbons (Fsp3) is 0.400. The van der Waals surface area contributed by atoms with Crippen LogP contribution in [0.5, 0.6) is 0 Å². The third-order valence-electron chi connectivity index (χ3n) is 2.32. The molecule has 84 valence electrons. The molecule has 0 aliphatic carbocycles. The molecule has 1 unspecified atom stereocenters. The van der Waals surface area contributed by atoms with Gasteiger partial charge in [-0.2, -0.15) is 0 Å². The Bertz CT molecular complexity index is 414. The van der Waals surface area contributed by atoms with Crippen LogP contribution in [0.4, 0.5) is 4.39 Å². The lowest BCUT2D eigenvalue weighted by atomic mass is 10.1. The van der Waals surface area contributed by atoms with E-state index >= 15 is 0 Å². The van der Waals surface area contributed by atoms with Crippen LogP contribution in [0.1, 0.15) is 18.5 Å². The molecular formula is C10H14FNO2S. The topological polar surface area (TPSA) is 46.2 Å². The first-order valence-electron chi connectivity index (χ1n) is 4.57. The van der Waals surface area contributed by atoms with Crippen molar-refractivity contribution >= 4 is 9.84 Å². The van der Waals surface area contributed by atoms with Crippen LogP contribution in [-0.4, -0.2) is 21.5 Å². The third-order valence-corrected chi connectivity index (χ3v) is 3.59. The van der Waals surface area contributed by atoms with Gasteiger partial charge in [0.2, 0.25) is 9.84 Å². The number of alkyl halides is 1. The van der Waals surface area contributed by atoms with E-state index in [0.29, 0.717) is 0 Å².